The van der Waals surface area contributed by atoms with E-state index in [1.54, 1.807) is 6.20 Å². The van der Waals surface area contributed by atoms with E-state index in [0.29, 0.717) is 13.2 Å². The molecule has 0 bridgehead atoms. The largest absolute Gasteiger partial charge is 0.481 e. The second-order valence-electron chi connectivity index (χ2n) is 6.32. The maximum absolute atomic E-state index is 12.1. The van der Waals surface area contributed by atoms with Crippen molar-refractivity contribution in [3.05, 3.63) is 36.5 Å². The lowest BCUT2D eigenvalue weighted by Gasteiger charge is -2.28. The zero-order valence-corrected chi connectivity index (χ0v) is 14.5. The summed E-state index contributed by atoms with van der Waals surface area (Å²) in [6.07, 6.45) is 3.80. The highest BCUT2D eigenvalue weighted by molar-refractivity contribution is 5.80. The zero-order chi connectivity index (χ0) is 17.5. The molecule has 2 aromatic rings. The Bertz CT molecular complexity index is 794. The Labute approximate surface area is 148 Å². The van der Waals surface area contributed by atoms with Crippen molar-refractivity contribution in [2.45, 2.75) is 12.8 Å². The van der Waals surface area contributed by atoms with E-state index in [9.17, 15) is 4.79 Å². The van der Waals surface area contributed by atoms with Crippen molar-refractivity contribution in [2.24, 2.45) is 5.92 Å². The fourth-order valence-electron chi connectivity index (χ4n) is 3.03. The van der Waals surface area contributed by atoms with Crippen molar-refractivity contribution in [3.8, 4) is 17.6 Å². The van der Waals surface area contributed by atoms with Gasteiger partial charge in [-0.15, -0.1) is 0 Å². The number of nitrogens with zero attached hydrogens (tertiary/aromatic N) is 2. The number of fused-ring (bicyclic) bond motifs is 1. The standard InChI is InChI=1S/C20H23N3O2/c1-23-12-5-7-17(15-23)20(24)22-10-2-3-13-25-18-9-8-16-6-4-11-21-19(16)14-18/h4,6,8-9,11,14,17H,5,7,10,12-13,15H2,1H3,(H,22,24). The van der Waals surface area contributed by atoms with Crippen LogP contribution >= 0.6 is 0 Å². The van der Waals surface area contributed by atoms with Crippen molar-refractivity contribution in [2.75, 3.05) is 33.3 Å². The first-order valence-electron chi connectivity index (χ1n) is 8.62. The average molecular weight is 337 g/mol. The van der Waals surface area contributed by atoms with Crippen molar-refractivity contribution < 1.29 is 9.53 Å². The van der Waals surface area contributed by atoms with Gasteiger partial charge in [0.25, 0.3) is 0 Å². The molecular weight excluding hydrogens is 314 g/mol. The molecule has 1 atom stereocenters. The van der Waals surface area contributed by atoms with Gasteiger partial charge in [-0.3, -0.25) is 9.78 Å². The molecule has 1 aliphatic rings. The molecule has 2 heterocycles. The SMILES string of the molecule is CN1CCCC(C(=O)NCC#CCOc2ccc3cccnc3c2)C1. The number of pyridine rings is 1. The van der Waals surface area contributed by atoms with Crippen LogP contribution in [0.5, 0.6) is 5.75 Å². The van der Waals surface area contributed by atoms with Gasteiger partial charge in [0.2, 0.25) is 5.91 Å². The predicted molar refractivity (Wildman–Crippen MR) is 98.2 cm³/mol. The first-order chi connectivity index (χ1) is 12.2. The smallest absolute Gasteiger partial charge is 0.225 e. The number of aromatic nitrogens is 1. The Kier molecular flexibility index (Phi) is 5.86. The van der Waals surface area contributed by atoms with E-state index in [2.05, 4.69) is 34.1 Å². The van der Waals surface area contributed by atoms with Crippen LogP contribution in [-0.4, -0.2) is 49.1 Å². The van der Waals surface area contributed by atoms with Crippen LogP contribution in [0.2, 0.25) is 0 Å². The number of rotatable bonds is 4. The van der Waals surface area contributed by atoms with Gasteiger partial charge in [0.1, 0.15) is 12.4 Å². The minimum Gasteiger partial charge on any atom is -0.481 e. The van der Waals surface area contributed by atoms with Gasteiger partial charge in [-0.1, -0.05) is 17.9 Å². The predicted octanol–water partition coefficient (Wildman–Crippen LogP) is 2.07. The molecule has 5 nitrogen and oxygen atoms in total. The number of benzene rings is 1. The maximum atomic E-state index is 12.1. The molecule has 1 saturated heterocycles. The molecule has 1 fully saturated rings. The first-order valence-corrected chi connectivity index (χ1v) is 8.62. The number of carbonyl (C=O) groups excluding carboxylic acids is 1. The number of ether oxygens (including phenoxy) is 1. The minimum absolute atomic E-state index is 0.0851. The van der Waals surface area contributed by atoms with Gasteiger partial charge in [0, 0.05) is 24.2 Å². The third-order valence-corrected chi connectivity index (χ3v) is 4.36. The molecule has 3 rings (SSSR count). The van der Waals surface area contributed by atoms with Gasteiger partial charge in [0.15, 0.2) is 0 Å². The number of piperidine rings is 1. The fourth-order valence-corrected chi connectivity index (χ4v) is 3.03. The molecule has 25 heavy (non-hydrogen) atoms. The Balaban J connectivity index is 1.41. The molecule has 0 saturated carbocycles. The van der Waals surface area contributed by atoms with Crippen molar-refractivity contribution >= 4 is 16.8 Å². The zero-order valence-electron chi connectivity index (χ0n) is 14.5. The normalized spacial score (nSPS) is 17.6. The van der Waals surface area contributed by atoms with Crippen LogP contribution in [0.25, 0.3) is 10.9 Å². The summed E-state index contributed by atoms with van der Waals surface area (Å²) in [5, 5.41) is 3.97. The third-order valence-electron chi connectivity index (χ3n) is 4.36. The van der Waals surface area contributed by atoms with Crippen molar-refractivity contribution in [3.63, 3.8) is 0 Å². The van der Waals surface area contributed by atoms with E-state index in [4.69, 9.17) is 4.74 Å². The summed E-state index contributed by atoms with van der Waals surface area (Å²) in [6, 6.07) is 9.71. The van der Waals surface area contributed by atoms with Gasteiger partial charge in [0.05, 0.1) is 18.0 Å². The van der Waals surface area contributed by atoms with E-state index in [-0.39, 0.29) is 11.8 Å². The van der Waals surface area contributed by atoms with Crippen LogP contribution in [-0.2, 0) is 4.79 Å². The summed E-state index contributed by atoms with van der Waals surface area (Å²) in [6.45, 7) is 2.56. The number of hydrogen-bond acceptors (Lipinski definition) is 4. The summed E-state index contributed by atoms with van der Waals surface area (Å²) in [5.74, 6) is 6.80. The highest BCUT2D eigenvalue weighted by atomic mass is 16.5. The van der Waals surface area contributed by atoms with Crippen LogP contribution in [0.15, 0.2) is 36.5 Å². The van der Waals surface area contributed by atoms with Gasteiger partial charge in [-0.2, -0.15) is 0 Å². The monoisotopic (exact) mass is 337 g/mol. The highest BCUT2D eigenvalue weighted by Gasteiger charge is 2.23. The van der Waals surface area contributed by atoms with Gasteiger partial charge in [-0.25, -0.2) is 0 Å². The Morgan fingerprint density at radius 3 is 3.20 bits per heavy atom. The van der Waals surface area contributed by atoms with Gasteiger partial charge < -0.3 is 15.0 Å². The average Bonchev–Trinajstić information content (AvgIpc) is 2.64. The molecule has 1 aliphatic heterocycles. The van der Waals surface area contributed by atoms with E-state index in [0.717, 1.165) is 42.6 Å². The van der Waals surface area contributed by atoms with Crippen LogP contribution in [0.4, 0.5) is 0 Å². The molecule has 0 aliphatic carbocycles. The Morgan fingerprint density at radius 1 is 1.40 bits per heavy atom. The maximum Gasteiger partial charge on any atom is 0.225 e. The van der Waals surface area contributed by atoms with Crippen LogP contribution in [0.3, 0.4) is 0 Å². The summed E-state index contributed by atoms with van der Waals surface area (Å²) < 4.78 is 5.62. The van der Waals surface area contributed by atoms with E-state index >= 15 is 0 Å². The molecule has 1 aromatic carbocycles. The topological polar surface area (TPSA) is 54.5 Å². The Morgan fingerprint density at radius 2 is 2.32 bits per heavy atom. The van der Waals surface area contributed by atoms with Gasteiger partial charge in [-0.05, 0) is 44.6 Å². The van der Waals surface area contributed by atoms with E-state index in [1.807, 2.05) is 30.3 Å². The Hall–Kier alpha value is -2.58. The molecule has 0 spiro atoms. The molecule has 0 radical (unpaired) electrons. The second kappa shape index (κ2) is 8.50. The molecule has 130 valence electrons. The van der Waals surface area contributed by atoms with Crippen LogP contribution < -0.4 is 10.1 Å². The van der Waals surface area contributed by atoms with Crippen molar-refractivity contribution in [1.82, 2.24) is 15.2 Å². The lowest BCUT2D eigenvalue weighted by Crippen LogP contribution is -2.41. The van der Waals surface area contributed by atoms with Gasteiger partial charge >= 0.3 is 0 Å². The quantitative estimate of drug-likeness (QED) is 0.868. The van der Waals surface area contributed by atoms with E-state index in [1.165, 1.54) is 0 Å². The van der Waals surface area contributed by atoms with Crippen LogP contribution in [0, 0.1) is 17.8 Å². The third kappa shape index (κ3) is 4.94. The molecule has 1 unspecified atom stereocenters. The number of likely N-dealkylation sites (tertiary alicyclic amines) is 1. The number of hydrogen-bond donors (Lipinski definition) is 1. The molecule has 1 aromatic heterocycles. The molecular formula is C20H23N3O2. The second-order valence-corrected chi connectivity index (χ2v) is 6.32. The van der Waals surface area contributed by atoms with Crippen LogP contribution in [0.1, 0.15) is 12.8 Å². The lowest BCUT2D eigenvalue weighted by atomic mass is 9.98. The lowest BCUT2D eigenvalue weighted by molar-refractivity contribution is -0.126. The van der Waals surface area contributed by atoms with Crippen molar-refractivity contribution in [1.29, 1.82) is 0 Å². The fraction of sp³-hybridized carbons (Fsp3) is 0.400. The molecule has 5 heteroatoms. The summed E-state index contributed by atoms with van der Waals surface area (Å²) in [7, 11) is 2.05. The summed E-state index contributed by atoms with van der Waals surface area (Å²) in [5.41, 5.74) is 0.901. The number of carbonyl (C=O) groups is 1. The van der Waals surface area contributed by atoms with E-state index < -0.39 is 0 Å². The summed E-state index contributed by atoms with van der Waals surface area (Å²) >= 11 is 0. The number of amides is 1. The molecule has 1 N–H and O–H groups in total. The first kappa shape index (κ1) is 17.2. The summed E-state index contributed by atoms with van der Waals surface area (Å²) in [4.78, 5) is 18.6. The number of nitrogens with one attached hydrogen (secondary N) is 1. The highest BCUT2D eigenvalue weighted by Crippen LogP contribution is 2.18. The minimum atomic E-state index is 0.0851. The molecule has 1 amide bonds.